The third kappa shape index (κ3) is 3.68. The standard InChI is InChI=1S/C26H18N4O3/c27-15-19(26(32)28-17-11-5-2-6-12-17)24(31)23-21-22(29-30-23)18-13-7-8-14-20(18)33-25(21)16-9-3-1-4-10-16/h2-3,5-14,19H,1,4H2,(H,28,32). The van der Waals surface area contributed by atoms with Gasteiger partial charge in [0.2, 0.25) is 11.7 Å². The minimum Gasteiger partial charge on any atom is -0.455 e. The van der Waals surface area contributed by atoms with Crippen molar-refractivity contribution in [2.45, 2.75) is 12.8 Å². The van der Waals surface area contributed by atoms with Crippen molar-refractivity contribution in [2.75, 3.05) is 5.32 Å². The molecular weight excluding hydrogens is 416 g/mol. The zero-order valence-corrected chi connectivity index (χ0v) is 17.5. The van der Waals surface area contributed by atoms with Gasteiger partial charge in [-0.3, -0.25) is 9.59 Å². The normalized spacial score (nSPS) is 14.0. The number of nitrogens with zero attached hydrogens (tertiary/aromatic N) is 3. The summed E-state index contributed by atoms with van der Waals surface area (Å²) in [5, 5.41) is 21.4. The number of carbonyl (C=O) groups excluding carboxylic acids is 2. The van der Waals surface area contributed by atoms with E-state index < -0.39 is 17.6 Å². The lowest BCUT2D eigenvalue weighted by atomic mass is 9.92. The number of nitriles is 1. The lowest BCUT2D eigenvalue weighted by Crippen LogP contribution is -2.29. The molecule has 0 aromatic heterocycles. The summed E-state index contributed by atoms with van der Waals surface area (Å²) in [5.74, 6) is -2.57. The molecular formula is C26H18N4O3. The van der Waals surface area contributed by atoms with Gasteiger partial charge in [0.1, 0.15) is 22.7 Å². The van der Waals surface area contributed by atoms with Crippen molar-refractivity contribution >= 4 is 33.9 Å². The second-order valence-electron chi connectivity index (χ2n) is 7.62. The minimum atomic E-state index is -1.58. The predicted molar refractivity (Wildman–Crippen MR) is 123 cm³/mol. The van der Waals surface area contributed by atoms with Crippen molar-refractivity contribution in [3.05, 3.63) is 84.3 Å². The Kier molecular flexibility index (Phi) is 5.25. The van der Waals surface area contributed by atoms with Crippen LogP contribution in [-0.4, -0.2) is 21.9 Å². The molecule has 3 aliphatic rings. The third-order valence-corrected chi connectivity index (χ3v) is 5.49. The van der Waals surface area contributed by atoms with Gasteiger partial charge in [-0.05, 0) is 37.1 Å². The first-order chi connectivity index (χ1) is 16.2. The zero-order valence-electron chi connectivity index (χ0n) is 17.5. The smallest absolute Gasteiger partial charge is 0.249 e. The first-order valence-electron chi connectivity index (χ1n) is 10.5. The Morgan fingerprint density at radius 3 is 2.58 bits per heavy atom. The Morgan fingerprint density at radius 2 is 1.82 bits per heavy atom. The fourth-order valence-corrected chi connectivity index (χ4v) is 3.89. The first kappa shape index (κ1) is 20.3. The summed E-state index contributed by atoms with van der Waals surface area (Å²) in [6.45, 7) is 0. The van der Waals surface area contributed by atoms with E-state index in [2.05, 4.69) is 15.5 Å². The molecule has 0 bridgehead atoms. The van der Waals surface area contributed by atoms with Gasteiger partial charge in [0, 0.05) is 16.6 Å². The van der Waals surface area contributed by atoms with E-state index in [4.69, 9.17) is 4.42 Å². The van der Waals surface area contributed by atoms with Crippen LogP contribution in [0.1, 0.15) is 29.1 Å². The number of anilines is 1. The quantitative estimate of drug-likeness (QED) is 0.349. The average Bonchev–Trinajstić information content (AvgIpc) is 3.31. The van der Waals surface area contributed by atoms with E-state index >= 15 is 0 Å². The van der Waals surface area contributed by atoms with Crippen molar-refractivity contribution in [3.63, 3.8) is 0 Å². The summed E-state index contributed by atoms with van der Waals surface area (Å²) >= 11 is 0. The summed E-state index contributed by atoms with van der Waals surface area (Å²) in [7, 11) is 0. The molecule has 2 aromatic carbocycles. The highest BCUT2D eigenvalue weighted by molar-refractivity contribution is 6.18. The molecule has 1 amide bonds. The highest BCUT2D eigenvalue weighted by Gasteiger charge is 2.35. The number of hydrogen-bond acceptors (Lipinski definition) is 6. The second kappa shape index (κ2) is 8.52. The minimum absolute atomic E-state index is 0.0517. The van der Waals surface area contributed by atoms with Gasteiger partial charge < -0.3 is 9.73 Å². The van der Waals surface area contributed by atoms with Crippen LogP contribution in [0.2, 0.25) is 0 Å². The first-order valence-corrected chi connectivity index (χ1v) is 10.5. The number of nitrogens with one attached hydrogen (secondary N) is 1. The number of aromatic nitrogens is 2. The van der Waals surface area contributed by atoms with Crippen molar-refractivity contribution in [2.24, 2.45) is 5.92 Å². The topological polar surface area (TPSA) is 109 Å². The van der Waals surface area contributed by atoms with Gasteiger partial charge >= 0.3 is 0 Å². The SMILES string of the molecule is N#CC(C(=O)Nc1ccccc1)C(=O)c1nnc2c3ccccc3oc(C3=CCCC=C3)c1-2. The lowest BCUT2D eigenvalue weighted by Gasteiger charge is -2.14. The van der Waals surface area contributed by atoms with Crippen LogP contribution in [0.4, 0.5) is 5.69 Å². The fraction of sp³-hybridized carbons (Fsp3) is 0.115. The molecule has 1 atom stereocenters. The molecule has 5 rings (SSSR count). The van der Waals surface area contributed by atoms with Gasteiger partial charge in [-0.25, -0.2) is 0 Å². The van der Waals surface area contributed by atoms with Gasteiger partial charge in [0.15, 0.2) is 5.92 Å². The number of benzene rings is 2. The molecule has 0 spiro atoms. The van der Waals surface area contributed by atoms with Crippen molar-refractivity contribution in [1.29, 1.82) is 5.26 Å². The molecule has 0 fully saturated rings. The van der Waals surface area contributed by atoms with E-state index in [1.807, 2.05) is 48.6 Å². The van der Waals surface area contributed by atoms with E-state index in [-0.39, 0.29) is 5.69 Å². The number of amides is 1. The summed E-state index contributed by atoms with van der Waals surface area (Å²) < 4.78 is 6.20. The van der Waals surface area contributed by atoms with E-state index in [1.54, 1.807) is 30.3 Å². The monoisotopic (exact) mass is 434 g/mol. The second-order valence-corrected chi connectivity index (χ2v) is 7.62. The average molecular weight is 434 g/mol. The number of hydrogen-bond donors (Lipinski definition) is 1. The van der Waals surface area contributed by atoms with Gasteiger partial charge in [0.25, 0.3) is 0 Å². The molecule has 0 saturated carbocycles. The van der Waals surface area contributed by atoms with Crippen LogP contribution in [0.15, 0.2) is 77.2 Å². The van der Waals surface area contributed by atoms with Crippen LogP contribution >= 0.6 is 0 Å². The van der Waals surface area contributed by atoms with Gasteiger partial charge in [0.05, 0.1) is 11.6 Å². The molecule has 0 saturated heterocycles. The molecule has 7 nitrogen and oxygen atoms in total. The lowest BCUT2D eigenvalue weighted by molar-refractivity contribution is -0.117. The number of carbonyl (C=O) groups is 2. The van der Waals surface area contributed by atoms with E-state index in [1.165, 1.54) is 0 Å². The van der Waals surface area contributed by atoms with Gasteiger partial charge in [-0.2, -0.15) is 5.26 Å². The largest absolute Gasteiger partial charge is 0.455 e. The molecule has 2 heterocycles. The maximum Gasteiger partial charge on any atom is 0.249 e. The van der Waals surface area contributed by atoms with Crippen molar-refractivity contribution in [3.8, 4) is 17.3 Å². The van der Waals surface area contributed by atoms with Crippen molar-refractivity contribution < 1.29 is 14.0 Å². The number of ketones is 1. The maximum absolute atomic E-state index is 13.4. The van der Waals surface area contributed by atoms with Crippen LogP contribution < -0.4 is 5.32 Å². The molecule has 1 N–H and O–H groups in total. The number of allylic oxidation sites excluding steroid dienone is 4. The van der Waals surface area contributed by atoms with Crippen LogP contribution in [0, 0.1) is 17.2 Å². The van der Waals surface area contributed by atoms with Crippen LogP contribution in [0.3, 0.4) is 0 Å². The molecule has 160 valence electrons. The zero-order chi connectivity index (χ0) is 22.8. The van der Waals surface area contributed by atoms with E-state index in [0.717, 1.165) is 18.4 Å². The highest BCUT2D eigenvalue weighted by atomic mass is 16.3. The molecule has 33 heavy (non-hydrogen) atoms. The summed E-state index contributed by atoms with van der Waals surface area (Å²) in [4.78, 5) is 26.2. The maximum atomic E-state index is 13.4. The molecule has 2 aromatic rings. The summed E-state index contributed by atoms with van der Waals surface area (Å²) in [6.07, 6.45) is 7.74. The number of para-hydroxylation sites is 2. The third-order valence-electron chi connectivity index (χ3n) is 5.49. The molecule has 1 aliphatic carbocycles. The van der Waals surface area contributed by atoms with Crippen molar-refractivity contribution in [1.82, 2.24) is 10.2 Å². The van der Waals surface area contributed by atoms with Crippen LogP contribution in [-0.2, 0) is 4.79 Å². The molecule has 1 unspecified atom stereocenters. The molecule has 7 heteroatoms. The Morgan fingerprint density at radius 1 is 1.03 bits per heavy atom. The Balaban J connectivity index is 1.61. The Labute approximate surface area is 189 Å². The van der Waals surface area contributed by atoms with E-state index in [0.29, 0.717) is 33.7 Å². The predicted octanol–water partition coefficient (Wildman–Crippen LogP) is 5.02. The number of rotatable bonds is 5. The molecule has 0 radical (unpaired) electrons. The number of fused-ring (bicyclic) bond motifs is 3. The number of Topliss-reactive ketones (excluding diaryl/α,β-unsaturated/α-hetero) is 1. The Bertz CT molecular complexity index is 1440. The fourth-order valence-electron chi connectivity index (χ4n) is 3.89. The molecule has 2 aliphatic heterocycles. The Hall–Kier alpha value is -4.57. The van der Waals surface area contributed by atoms with Gasteiger partial charge in [-0.1, -0.05) is 48.6 Å². The summed E-state index contributed by atoms with van der Waals surface area (Å²) in [5.41, 5.74) is 2.76. The van der Waals surface area contributed by atoms with Crippen LogP contribution in [0.5, 0.6) is 0 Å². The van der Waals surface area contributed by atoms with E-state index in [9.17, 15) is 14.9 Å². The summed E-state index contributed by atoms with van der Waals surface area (Å²) in [6, 6.07) is 17.8. The highest BCUT2D eigenvalue weighted by Crippen LogP contribution is 2.40. The van der Waals surface area contributed by atoms with Crippen LogP contribution in [0.25, 0.3) is 27.8 Å². The van der Waals surface area contributed by atoms with Gasteiger partial charge in [-0.15, -0.1) is 10.2 Å².